The largest absolute Gasteiger partial charge is 0.480 e. The number of aliphatic carboxylic acids is 1. The maximum absolute atomic E-state index is 11.3. The number of hydrogen-bond donors (Lipinski definition) is 2. The Morgan fingerprint density at radius 2 is 1.93 bits per heavy atom. The van der Waals surface area contributed by atoms with Gasteiger partial charge in [0.25, 0.3) is 0 Å². The first-order chi connectivity index (χ1) is 6.76. The lowest BCUT2D eigenvalue weighted by molar-refractivity contribution is -0.143. The Labute approximate surface area is 89.8 Å². The van der Waals surface area contributed by atoms with Gasteiger partial charge in [-0.05, 0) is 27.2 Å². The molecule has 0 aliphatic heterocycles. The van der Waals surface area contributed by atoms with Gasteiger partial charge in [-0.2, -0.15) is 0 Å². The lowest BCUT2D eigenvalue weighted by Crippen LogP contribution is -2.43. The van der Waals surface area contributed by atoms with Crippen molar-refractivity contribution in [3.63, 3.8) is 0 Å². The van der Waals surface area contributed by atoms with Crippen LogP contribution >= 0.6 is 0 Å². The molecule has 0 spiro atoms. The van der Waals surface area contributed by atoms with Crippen LogP contribution in [0.1, 0.15) is 34.1 Å². The van der Waals surface area contributed by atoms with Gasteiger partial charge in [0.1, 0.15) is 12.6 Å². The minimum atomic E-state index is -1.03. The molecular formula is C10H19NO4. The number of ether oxygens (including phenoxy) is 1. The van der Waals surface area contributed by atoms with E-state index in [1.54, 1.807) is 6.92 Å². The van der Waals surface area contributed by atoms with Crippen LogP contribution in [0.4, 0.5) is 0 Å². The summed E-state index contributed by atoms with van der Waals surface area (Å²) in [5, 5.41) is 11.1. The second kappa shape index (κ2) is 5.70. The van der Waals surface area contributed by atoms with Gasteiger partial charge in [0.05, 0.1) is 5.60 Å². The first kappa shape index (κ1) is 13.9. The van der Waals surface area contributed by atoms with Gasteiger partial charge in [-0.1, -0.05) is 6.92 Å². The van der Waals surface area contributed by atoms with E-state index >= 15 is 0 Å². The summed E-state index contributed by atoms with van der Waals surface area (Å²) in [4.78, 5) is 21.9. The molecule has 0 radical (unpaired) electrons. The standard InChI is InChI=1S/C10H19NO4/c1-5-7(9(13)14)11-8(12)6-15-10(2,3)4/h7H,5-6H2,1-4H3,(H,11,12)(H,13,14)/t7-/m1/s1. The monoisotopic (exact) mass is 217 g/mol. The molecule has 0 aromatic heterocycles. The molecule has 0 heterocycles. The van der Waals surface area contributed by atoms with E-state index in [4.69, 9.17) is 9.84 Å². The van der Waals surface area contributed by atoms with E-state index in [1.165, 1.54) is 0 Å². The van der Waals surface area contributed by atoms with Crippen molar-refractivity contribution >= 4 is 11.9 Å². The predicted molar refractivity (Wildman–Crippen MR) is 55.6 cm³/mol. The number of hydrogen-bond acceptors (Lipinski definition) is 3. The van der Waals surface area contributed by atoms with Gasteiger partial charge in [0, 0.05) is 0 Å². The molecule has 0 fully saturated rings. The molecule has 0 saturated heterocycles. The molecular weight excluding hydrogens is 198 g/mol. The zero-order chi connectivity index (χ0) is 12.1. The van der Waals surface area contributed by atoms with Crippen molar-refractivity contribution in [3.05, 3.63) is 0 Å². The van der Waals surface area contributed by atoms with Crippen molar-refractivity contribution in [2.24, 2.45) is 0 Å². The summed E-state index contributed by atoms with van der Waals surface area (Å²) in [5.74, 6) is -1.43. The van der Waals surface area contributed by atoms with E-state index in [9.17, 15) is 9.59 Å². The van der Waals surface area contributed by atoms with Gasteiger partial charge in [0.2, 0.25) is 5.91 Å². The molecule has 0 bridgehead atoms. The fourth-order valence-corrected chi connectivity index (χ4v) is 0.856. The molecule has 0 rings (SSSR count). The number of carbonyl (C=O) groups is 2. The second-order valence-corrected chi connectivity index (χ2v) is 4.27. The molecule has 88 valence electrons. The predicted octanol–water partition coefficient (Wildman–Crippen LogP) is 0.781. The number of carboxylic acid groups (broad SMARTS) is 1. The normalized spacial score (nSPS) is 13.3. The molecule has 0 aliphatic rings. The van der Waals surface area contributed by atoms with Crippen molar-refractivity contribution in [2.75, 3.05) is 6.61 Å². The molecule has 5 heteroatoms. The van der Waals surface area contributed by atoms with Crippen LogP contribution in [-0.4, -0.2) is 35.2 Å². The van der Waals surface area contributed by atoms with Crippen molar-refractivity contribution in [2.45, 2.75) is 45.8 Å². The number of nitrogens with one attached hydrogen (secondary N) is 1. The Morgan fingerprint density at radius 1 is 1.40 bits per heavy atom. The Kier molecular flexibility index (Phi) is 5.28. The average molecular weight is 217 g/mol. The zero-order valence-corrected chi connectivity index (χ0v) is 9.66. The van der Waals surface area contributed by atoms with E-state index in [-0.39, 0.29) is 6.61 Å². The van der Waals surface area contributed by atoms with E-state index in [0.717, 1.165) is 0 Å². The first-order valence-electron chi connectivity index (χ1n) is 4.92. The Bertz CT molecular complexity index is 232. The third-order valence-corrected chi connectivity index (χ3v) is 1.68. The highest BCUT2D eigenvalue weighted by Crippen LogP contribution is 2.05. The number of carbonyl (C=O) groups excluding carboxylic acids is 1. The minimum absolute atomic E-state index is 0.118. The van der Waals surface area contributed by atoms with Gasteiger partial charge in [0.15, 0.2) is 0 Å². The Balaban J connectivity index is 3.98. The summed E-state index contributed by atoms with van der Waals surface area (Å²) >= 11 is 0. The van der Waals surface area contributed by atoms with Crippen LogP contribution in [0.25, 0.3) is 0 Å². The molecule has 0 aromatic carbocycles. The highest BCUT2D eigenvalue weighted by molar-refractivity contribution is 5.84. The van der Waals surface area contributed by atoms with Crippen LogP contribution in [0.2, 0.25) is 0 Å². The summed E-state index contributed by atoms with van der Waals surface area (Å²) in [6.45, 7) is 7.06. The van der Waals surface area contributed by atoms with Crippen molar-refractivity contribution in [3.8, 4) is 0 Å². The fourth-order valence-electron chi connectivity index (χ4n) is 0.856. The Morgan fingerprint density at radius 3 is 2.27 bits per heavy atom. The van der Waals surface area contributed by atoms with E-state index in [0.29, 0.717) is 6.42 Å². The average Bonchev–Trinajstić information content (AvgIpc) is 2.09. The quantitative estimate of drug-likeness (QED) is 0.713. The molecule has 1 atom stereocenters. The van der Waals surface area contributed by atoms with Gasteiger partial charge in [-0.15, -0.1) is 0 Å². The topological polar surface area (TPSA) is 75.6 Å². The molecule has 0 aromatic rings. The van der Waals surface area contributed by atoms with Gasteiger partial charge in [-0.3, -0.25) is 4.79 Å². The molecule has 5 nitrogen and oxygen atoms in total. The number of rotatable bonds is 5. The fraction of sp³-hybridized carbons (Fsp3) is 0.800. The number of carboxylic acids is 1. The molecule has 2 N–H and O–H groups in total. The van der Waals surface area contributed by atoms with Crippen LogP contribution in [0, 0.1) is 0 Å². The maximum Gasteiger partial charge on any atom is 0.326 e. The zero-order valence-electron chi connectivity index (χ0n) is 9.66. The first-order valence-corrected chi connectivity index (χ1v) is 4.92. The second-order valence-electron chi connectivity index (χ2n) is 4.27. The summed E-state index contributed by atoms with van der Waals surface area (Å²) in [5.41, 5.74) is -0.401. The lowest BCUT2D eigenvalue weighted by atomic mass is 10.2. The Hall–Kier alpha value is -1.10. The van der Waals surface area contributed by atoms with Crippen LogP contribution in [-0.2, 0) is 14.3 Å². The third-order valence-electron chi connectivity index (χ3n) is 1.68. The number of amides is 1. The smallest absolute Gasteiger partial charge is 0.326 e. The van der Waals surface area contributed by atoms with Crippen molar-refractivity contribution in [1.82, 2.24) is 5.32 Å². The molecule has 1 amide bonds. The van der Waals surface area contributed by atoms with Crippen LogP contribution in [0.15, 0.2) is 0 Å². The summed E-state index contributed by atoms with van der Waals surface area (Å²) in [6, 6.07) is -0.832. The van der Waals surface area contributed by atoms with Gasteiger partial charge >= 0.3 is 5.97 Å². The van der Waals surface area contributed by atoms with Gasteiger partial charge in [-0.25, -0.2) is 4.79 Å². The molecule has 0 aliphatic carbocycles. The van der Waals surface area contributed by atoms with Crippen LogP contribution in [0.3, 0.4) is 0 Å². The summed E-state index contributed by atoms with van der Waals surface area (Å²) in [6.07, 6.45) is 0.358. The molecule has 0 saturated carbocycles. The summed E-state index contributed by atoms with van der Waals surface area (Å²) in [7, 11) is 0. The van der Waals surface area contributed by atoms with E-state index < -0.39 is 23.5 Å². The highest BCUT2D eigenvalue weighted by Gasteiger charge is 2.19. The molecule has 15 heavy (non-hydrogen) atoms. The highest BCUT2D eigenvalue weighted by atomic mass is 16.5. The van der Waals surface area contributed by atoms with Gasteiger partial charge < -0.3 is 15.2 Å². The lowest BCUT2D eigenvalue weighted by Gasteiger charge is -2.20. The maximum atomic E-state index is 11.3. The van der Waals surface area contributed by atoms with Crippen molar-refractivity contribution < 1.29 is 19.4 Å². The minimum Gasteiger partial charge on any atom is -0.480 e. The SMILES string of the molecule is CC[C@@H](NC(=O)COC(C)(C)C)C(=O)O. The molecule has 0 unspecified atom stereocenters. The third kappa shape index (κ3) is 6.90. The van der Waals surface area contributed by atoms with E-state index in [1.807, 2.05) is 20.8 Å². The van der Waals surface area contributed by atoms with E-state index in [2.05, 4.69) is 5.32 Å². The summed E-state index contributed by atoms with van der Waals surface area (Å²) < 4.78 is 5.21. The van der Waals surface area contributed by atoms with Crippen LogP contribution in [0.5, 0.6) is 0 Å². The van der Waals surface area contributed by atoms with Crippen molar-refractivity contribution in [1.29, 1.82) is 0 Å². The van der Waals surface area contributed by atoms with Crippen LogP contribution < -0.4 is 5.32 Å².